The average Bonchev–Trinajstić information content (AvgIpc) is 2.55. The average molecular weight is 289 g/mol. The Labute approximate surface area is 130 Å². The Kier molecular flexibility index (Phi) is 4.19. The van der Waals surface area contributed by atoms with Gasteiger partial charge in [-0.1, -0.05) is 60.7 Å². The van der Waals surface area contributed by atoms with E-state index in [1.165, 1.54) is 5.56 Å². The van der Waals surface area contributed by atoms with E-state index < -0.39 is 0 Å². The predicted octanol–water partition coefficient (Wildman–Crippen LogP) is 4.94. The Morgan fingerprint density at radius 3 is 2.41 bits per heavy atom. The number of benzene rings is 3. The first kappa shape index (κ1) is 14.3. The van der Waals surface area contributed by atoms with Crippen LogP contribution in [0.25, 0.3) is 10.8 Å². The van der Waals surface area contributed by atoms with Crippen molar-refractivity contribution in [2.45, 2.75) is 19.3 Å². The molecule has 0 bridgehead atoms. The Bertz CT molecular complexity index is 793. The van der Waals surface area contributed by atoms with Crippen LogP contribution in [0.15, 0.2) is 66.7 Å². The Morgan fingerprint density at radius 2 is 1.59 bits per heavy atom. The molecule has 0 aliphatic carbocycles. The van der Waals surface area contributed by atoms with Gasteiger partial charge in [0, 0.05) is 11.3 Å². The van der Waals surface area contributed by atoms with Gasteiger partial charge in [-0.2, -0.15) is 0 Å². The van der Waals surface area contributed by atoms with E-state index in [4.69, 9.17) is 5.41 Å². The van der Waals surface area contributed by atoms with E-state index in [0.29, 0.717) is 17.7 Å². The van der Waals surface area contributed by atoms with Gasteiger partial charge in [0.2, 0.25) is 0 Å². The second-order valence-corrected chi connectivity index (χ2v) is 5.50. The highest BCUT2D eigenvalue weighted by atomic mass is 16.3. The van der Waals surface area contributed by atoms with Crippen LogP contribution in [-0.2, 0) is 6.42 Å². The molecule has 3 rings (SSSR count). The van der Waals surface area contributed by atoms with Crippen LogP contribution in [0, 0.1) is 5.41 Å². The number of fused-ring (bicyclic) bond motifs is 1. The first-order chi connectivity index (χ1) is 10.8. The second kappa shape index (κ2) is 6.44. The van der Waals surface area contributed by atoms with Crippen LogP contribution in [0.2, 0.25) is 0 Å². The van der Waals surface area contributed by atoms with Gasteiger partial charge in [-0.15, -0.1) is 0 Å². The summed E-state index contributed by atoms with van der Waals surface area (Å²) in [6.45, 7) is 0. The van der Waals surface area contributed by atoms with E-state index in [-0.39, 0.29) is 5.75 Å². The lowest BCUT2D eigenvalue weighted by atomic mass is 9.96. The molecule has 0 unspecified atom stereocenters. The highest BCUT2D eigenvalue weighted by Gasteiger charge is 2.11. The molecule has 22 heavy (non-hydrogen) atoms. The van der Waals surface area contributed by atoms with Crippen LogP contribution in [0.3, 0.4) is 0 Å². The number of phenols is 1. The van der Waals surface area contributed by atoms with Crippen molar-refractivity contribution < 1.29 is 5.11 Å². The molecule has 0 aliphatic rings. The summed E-state index contributed by atoms with van der Waals surface area (Å²) in [5.74, 6) is 0.198. The maximum atomic E-state index is 10.2. The standard InChI is InChI=1S/C20H19NO/c21-18(12-6-9-15-7-2-1-3-8-15)20-17-11-5-4-10-16(17)13-14-19(20)22/h1-5,7-8,10-11,13-14,21-22H,6,9,12H2. The second-order valence-electron chi connectivity index (χ2n) is 5.50. The first-order valence-corrected chi connectivity index (χ1v) is 7.58. The summed E-state index contributed by atoms with van der Waals surface area (Å²) in [7, 11) is 0. The fourth-order valence-electron chi connectivity index (χ4n) is 2.82. The van der Waals surface area contributed by atoms with Gasteiger partial charge < -0.3 is 10.5 Å². The van der Waals surface area contributed by atoms with Gasteiger partial charge in [-0.3, -0.25) is 0 Å². The van der Waals surface area contributed by atoms with Gasteiger partial charge >= 0.3 is 0 Å². The van der Waals surface area contributed by atoms with Crippen molar-refractivity contribution in [3.05, 3.63) is 77.9 Å². The highest BCUT2D eigenvalue weighted by Crippen LogP contribution is 2.28. The zero-order valence-electron chi connectivity index (χ0n) is 12.4. The van der Waals surface area contributed by atoms with Crippen LogP contribution in [0.1, 0.15) is 24.0 Å². The molecule has 0 radical (unpaired) electrons. The molecule has 0 heterocycles. The van der Waals surface area contributed by atoms with Crippen LogP contribution < -0.4 is 0 Å². The molecular formula is C20H19NO. The fourth-order valence-corrected chi connectivity index (χ4v) is 2.82. The minimum absolute atomic E-state index is 0.198. The molecule has 0 spiro atoms. The zero-order chi connectivity index (χ0) is 15.4. The minimum atomic E-state index is 0.198. The molecule has 2 heteroatoms. The van der Waals surface area contributed by atoms with E-state index in [2.05, 4.69) is 12.1 Å². The zero-order valence-corrected chi connectivity index (χ0v) is 12.4. The summed E-state index contributed by atoms with van der Waals surface area (Å²) in [6, 6.07) is 21.8. The fraction of sp³-hybridized carbons (Fsp3) is 0.150. The molecule has 3 aromatic carbocycles. The third kappa shape index (κ3) is 3.01. The van der Waals surface area contributed by atoms with Gasteiger partial charge in [-0.05, 0) is 41.7 Å². The van der Waals surface area contributed by atoms with E-state index in [0.717, 1.165) is 23.6 Å². The van der Waals surface area contributed by atoms with Crippen LogP contribution >= 0.6 is 0 Å². The molecule has 0 fully saturated rings. The molecule has 0 saturated carbocycles. The molecular weight excluding hydrogens is 270 g/mol. The maximum Gasteiger partial charge on any atom is 0.125 e. The topological polar surface area (TPSA) is 44.1 Å². The molecule has 2 nitrogen and oxygen atoms in total. The number of aromatic hydroxyl groups is 1. The van der Waals surface area contributed by atoms with Gasteiger partial charge in [0.05, 0.1) is 0 Å². The summed E-state index contributed by atoms with van der Waals surface area (Å²) < 4.78 is 0. The van der Waals surface area contributed by atoms with E-state index in [1.54, 1.807) is 6.07 Å². The van der Waals surface area contributed by atoms with Gasteiger partial charge in [0.25, 0.3) is 0 Å². The van der Waals surface area contributed by atoms with Crippen LogP contribution in [0.4, 0.5) is 0 Å². The largest absolute Gasteiger partial charge is 0.507 e. The van der Waals surface area contributed by atoms with Crippen LogP contribution in [-0.4, -0.2) is 10.8 Å². The highest BCUT2D eigenvalue weighted by molar-refractivity contribution is 6.11. The van der Waals surface area contributed by atoms with Crippen molar-refractivity contribution in [3.63, 3.8) is 0 Å². The molecule has 0 aliphatic heterocycles. The van der Waals surface area contributed by atoms with E-state index in [9.17, 15) is 5.11 Å². The third-order valence-electron chi connectivity index (χ3n) is 3.94. The van der Waals surface area contributed by atoms with Crippen molar-refractivity contribution >= 4 is 16.5 Å². The van der Waals surface area contributed by atoms with E-state index in [1.807, 2.05) is 48.5 Å². The number of aryl methyl sites for hydroxylation is 1. The number of nitrogens with one attached hydrogen (secondary N) is 1. The Morgan fingerprint density at radius 1 is 0.864 bits per heavy atom. The molecule has 3 aromatic rings. The summed E-state index contributed by atoms with van der Waals surface area (Å²) in [5.41, 5.74) is 2.47. The summed E-state index contributed by atoms with van der Waals surface area (Å²) in [6.07, 6.45) is 2.52. The van der Waals surface area contributed by atoms with Crippen molar-refractivity contribution in [2.75, 3.05) is 0 Å². The van der Waals surface area contributed by atoms with Gasteiger partial charge in [-0.25, -0.2) is 0 Å². The third-order valence-corrected chi connectivity index (χ3v) is 3.94. The van der Waals surface area contributed by atoms with E-state index >= 15 is 0 Å². The van der Waals surface area contributed by atoms with Crippen molar-refractivity contribution in [1.82, 2.24) is 0 Å². The Balaban J connectivity index is 1.76. The minimum Gasteiger partial charge on any atom is -0.507 e. The normalized spacial score (nSPS) is 10.7. The van der Waals surface area contributed by atoms with Crippen molar-refractivity contribution in [1.29, 1.82) is 5.41 Å². The molecule has 2 N–H and O–H groups in total. The SMILES string of the molecule is N=C(CCCc1ccccc1)c1c(O)ccc2ccccc12. The lowest BCUT2D eigenvalue weighted by molar-refractivity contribution is 0.475. The molecule has 0 aromatic heterocycles. The molecule has 0 atom stereocenters. The van der Waals surface area contributed by atoms with Crippen LogP contribution in [0.5, 0.6) is 5.75 Å². The number of hydrogen-bond acceptors (Lipinski definition) is 2. The monoisotopic (exact) mass is 289 g/mol. The summed E-state index contributed by atoms with van der Waals surface area (Å²) >= 11 is 0. The summed E-state index contributed by atoms with van der Waals surface area (Å²) in [4.78, 5) is 0. The number of phenolic OH excluding ortho intramolecular Hbond substituents is 1. The summed E-state index contributed by atoms with van der Waals surface area (Å²) in [5, 5.41) is 20.5. The number of hydrogen-bond donors (Lipinski definition) is 2. The molecule has 0 saturated heterocycles. The Hall–Kier alpha value is -2.61. The lowest BCUT2D eigenvalue weighted by Crippen LogP contribution is -2.02. The lowest BCUT2D eigenvalue weighted by Gasteiger charge is -2.10. The number of rotatable bonds is 5. The smallest absolute Gasteiger partial charge is 0.125 e. The predicted molar refractivity (Wildman–Crippen MR) is 91.8 cm³/mol. The first-order valence-electron chi connectivity index (χ1n) is 7.58. The van der Waals surface area contributed by atoms with Crippen molar-refractivity contribution in [3.8, 4) is 5.75 Å². The maximum absolute atomic E-state index is 10.2. The quantitative estimate of drug-likeness (QED) is 0.642. The van der Waals surface area contributed by atoms with Crippen molar-refractivity contribution in [2.24, 2.45) is 0 Å². The van der Waals surface area contributed by atoms with Gasteiger partial charge in [0.1, 0.15) is 5.75 Å². The van der Waals surface area contributed by atoms with Gasteiger partial charge in [0.15, 0.2) is 0 Å². The molecule has 110 valence electrons. The molecule has 0 amide bonds.